The second kappa shape index (κ2) is 6.58. The van der Waals surface area contributed by atoms with Gasteiger partial charge in [0.2, 0.25) is 11.8 Å². The number of anilines is 2. The van der Waals surface area contributed by atoms with Gasteiger partial charge in [0.25, 0.3) is 0 Å². The van der Waals surface area contributed by atoms with E-state index in [4.69, 9.17) is 11.5 Å². The number of hydrogen-bond donors (Lipinski definition) is 3. The average molecular weight is 290 g/mol. The minimum absolute atomic E-state index is 0.156. The molecule has 0 radical (unpaired) electrons. The number of piperidine rings is 1. The van der Waals surface area contributed by atoms with E-state index < -0.39 is 0 Å². The molecule has 1 aromatic carbocycles. The van der Waals surface area contributed by atoms with Crippen LogP contribution < -0.4 is 16.8 Å². The summed E-state index contributed by atoms with van der Waals surface area (Å²) in [5.41, 5.74) is 13.4. The summed E-state index contributed by atoms with van der Waals surface area (Å²) in [6.07, 6.45) is 2.67. The van der Waals surface area contributed by atoms with Crippen molar-refractivity contribution < 1.29 is 9.59 Å². The molecule has 1 heterocycles. The van der Waals surface area contributed by atoms with E-state index in [0.29, 0.717) is 11.4 Å². The summed E-state index contributed by atoms with van der Waals surface area (Å²) in [5, 5.41) is 2.85. The fourth-order valence-electron chi connectivity index (χ4n) is 2.65. The smallest absolute Gasteiger partial charge is 0.238 e. The number of hydrogen-bond acceptors (Lipinski definition) is 4. The van der Waals surface area contributed by atoms with Crippen molar-refractivity contribution in [1.29, 1.82) is 0 Å². The summed E-state index contributed by atoms with van der Waals surface area (Å²) in [4.78, 5) is 25.5. The molecule has 2 rings (SSSR count). The summed E-state index contributed by atoms with van der Waals surface area (Å²) in [7, 11) is 0. The highest BCUT2D eigenvalue weighted by atomic mass is 16.2. The van der Waals surface area contributed by atoms with Gasteiger partial charge in [-0.2, -0.15) is 0 Å². The summed E-state index contributed by atoms with van der Waals surface area (Å²) >= 11 is 0. The van der Waals surface area contributed by atoms with Gasteiger partial charge in [0.15, 0.2) is 0 Å². The van der Waals surface area contributed by atoms with Gasteiger partial charge in [-0.05, 0) is 44.0 Å². The molecule has 1 atom stereocenters. The first-order valence-corrected chi connectivity index (χ1v) is 7.16. The molecule has 0 aromatic heterocycles. The average Bonchev–Trinajstić information content (AvgIpc) is 2.43. The maximum atomic E-state index is 12.2. The Morgan fingerprint density at radius 2 is 2.14 bits per heavy atom. The predicted molar refractivity (Wildman–Crippen MR) is 82.6 cm³/mol. The quantitative estimate of drug-likeness (QED) is 0.716. The lowest BCUT2D eigenvalue weighted by atomic mass is 10.0. The second-order valence-electron chi connectivity index (χ2n) is 5.51. The fraction of sp³-hybridized carbons (Fsp3) is 0.467. The van der Waals surface area contributed by atoms with Crippen molar-refractivity contribution in [2.75, 3.05) is 24.1 Å². The van der Waals surface area contributed by atoms with E-state index in [0.717, 1.165) is 31.4 Å². The van der Waals surface area contributed by atoms with Crippen LogP contribution in [0.2, 0.25) is 0 Å². The fourth-order valence-corrected chi connectivity index (χ4v) is 2.65. The number of benzene rings is 1. The van der Waals surface area contributed by atoms with E-state index in [1.807, 2.05) is 17.9 Å². The standard InChI is InChI=1S/C15H22N4O2/c1-10-5-6-11(16)8-12(10)18-14(20)9-19-7-3-2-4-13(19)15(17)21/h5-6,8,13H,2-4,7,9,16H2,1H3,(H2,17,21)(H,18,20). The molecule has 2 amide bonds. The van der Waals surface area contributed by atoms with Crippen molar-refractivity contribution in [3.05, 3.63) is 23.8 Å². The summed E-state index contributed by atoms with van der Waals surface area (Å²) in [5.74, 6) is -0.514. The van der Waals surface area contributed by atoms with Crippen LogP contribution in [-0.4, -0.2) is 35.8 Å². The highest BCUT2D eigenvalue weighted by Gasteiger charge is 2.28. The molecule has 1 fully saturated rings. The van der Waals surface area contributed by atoms with Crippen LogP contribution in [0.3, 0.4) is 0 Å². The van der Waals surface area contributed by atoms with E-state index >= 15 is 0 Å². The highest BCUT2D eigenvalue weighted by Crippen LogP contribution is 2.19. The number of nitrogen functional groups attached to an aromatic ring is 1. The van der Waals surface area contributed by atoms with E-state index in [9.17, 15) is 9.59 Å². The number of carbonyl (C=O) groups excluding carboxylic acids is 2. The third-order valence-corrected chi connectivity index (χ3v) is 3.82. The number of likely N-dealkylation sites (tertiary alicyclic amines) is 1. The predicted octanol–water partition coefficient (Wildman–Crippen LogP) is 0.856. The van der Waals surface area contributed by atoms with Crippen LogP contribution >= 0.6 is 0 Å². The number of nitrogens with two attached hydrogens (primary N) is 2. The first kappa shape index (κ1) is 15.3. The van der Waals surface area contributed by atoms with Gasteiger partial charge >= 0.3 is 0 Å². The summed E-state index contributed by atoms with van der Waals surface area (Å²) in [6.45, 7) is 2.79. The summed E-state index contributed by atoms with van der Waals surface area (Å²) in [6, 6.07) is 5.04. The zero-order valence-electron chi connectivity index (χ0n) is 12.3. The third-order valence-electron chi connectivity index (χ3n) is 3.82. The third kappa shape index (κ3) is 3.95. The maximum Gasteiger partial charge on any atom is 0.238 e. The first-order valence-electron chi connectivity index (χ1n) is 7.16. The Morgan fingerprint density at radius 3 is 2.86 bits per heavy atom. The van der Waals surface area contributed by atoms with Crippen molar-refractivity contribution in [3.63, 3.8) is 0 Å². The monoisotopic (exact) mass is 290 g/mol. The van der Waals surface area contributed by atoms with Crippen LogP contribution in [0.1, 0.15) is 24.8 Å². The molecular weight excluding hydrogens is 268 g/mol. The minimum atomic E-state index is -0.359. The van der Waals surface area contributed by atoms with E-state index in [2.05, 4.69) is 5.32 Å². The molecule has 0 bridgehead atoms. The number of nitrogens with one attached hydrogen (secondary N) is 1. The number of aryl methyl sites for hydroxylation is 1. The van der Waals surface area contributed by atoms with Crippen molar-refractivity contribution in [2.24, 2.45) is 5.73 Å². The van der Waals surface area contributed by atoms with Crippen molar-refractivity contribution in [1.82, 2.24) is 4.90 Å². The van der Waals surface area contributed by atoms with Crippen molar-refractivity contribution in [2.45, 2.75) is 32.2 Å². The highest BCUT2D eigenvalue weighted by molar-refractivity contribution is 5.94. The van der Waals surface area contributed by atoms with Gasteiger partial charge in [-0.15, -0.1) is 0 Å². The van der Waals surface area contributed by atoms with Crippen molar-refractivity contribution >= 4 is 23.2 Å². The topological polar surface area (TPSA) is 101 Å². The molecule has 5 N–H and O–H groups in total. The van der Waals surface area contributed by atoms with Gasteiger partial charge < -0.3 is 16.8 Å². The second-order valence-corrected chi connectivity index (χ2v) is 5.51. The Labute approximate surface area is 124 Å². The normalized spacial score (nSPS) is 19.2. The molecule has 21 heavy (non-hydrogen) atoms. The lowest BCUT2D eigenvalue weighted by molar-refractivity contribution is -0.126. The molecule has 1 aliphatic rings. The maximum absolute atomic E-state index is 12.2. The van der Waals surface area contributed by atoms with Gasteiger partial charge in [-0.25, -0.2) is 0 Å². The number of amides is 2. The van der Waals surface area contributed by atoms with E-state index in [1.165, 1.54) is 0 Å². The van der Waals surface area contributed by atoms with Gasteiger partial charge in [-0.3, -0.25) is 14.5 Å². The van der Waals surface area contributed by atoms with Gasteiger partial charge in [0, 0.05) is 11.4 Å². The SMILES string of the molecule is Cc1ccc(N)cc1NC(=O)CN1CCCCC1C(N)=O. The van der Waals surface area contributed by atoms with Crippen LogP contribution in [0, 0.1) is 6.92 Å². The minimum Gasteiger partial charge on any atom is -0.399 e. The molecule has 1 unspecified atom stereocenters. The molecule has 1 saturated heterocycles. The number of nitrogens with zero attached hydrogens (tertiary/aromatic N) is 1. The molecule has 0 saturated carbocycles. The van der Waals surface area contributed by atoms with Crippen LogP contribution in [0.15, 0.2) is 18.2 Å². The Balaban J connectivity index is 2.00. The molecule has 0 aliphatic carbocycles. The Hall–Kier alpha value is -2.08. The number of rotatable bonds is 4. The molecule has 6 heteroatoms. The number of carbonyl (C=O) groups is 2. The van der Waals surface area contributed by atoms with Gasteiger partial charge in [0.05, 0.1) is 12.6 Å². The molecule has 1 aliphatic heterocycles. The molecule has 1 aromatic rings. The first-order chi connectivity index (χ1) is 9.97. The van der Waals surface area contributed by atoms with Gasteiger partial charge in [-0.1, -0.05) is 12.5 Å². The Kier molecular flexibility index (Phi) is 4.80. The van der Waals surface area contributed by atoms with Crippen LogP contribution in [0.25, 0.3) is 0 Å². The molecular formula is C15H22N4O2. The van der Waals surface area contributed by atoms with Crippen molar-refractivity contribution in [3.8, 4) is 0 Å². The van der Waals surface area contributed by atoms with E-state index in [1.54, 1.807) is 12.1 Å². The van der Waals surface area contributed by atoms with Crippen LogP contribution in [0.4, 0.5) is 11.4 Å². The molecule has 6 nitrogen and oxygen atoms in total. The Morgan fingerprint density at radius 1 is 1.38 bits per heavy atom. The van der Waals surface area contributed by atoms with Crippen LogP contribution in [0.5, 0.6) is 0 Å². The summed E-state index contributed by atoms with van der Waals surface area (Å²) < 4.78 is 0. The van der Waals surface area contributed by atoms with E-state index in [-0.39, 0.29) is 24.4 Å². The number of primary amides is 1. The largest absolute Gasteiger partial charge is 0.399 e. The molecule has 114 valence electrons. The zero-order valence-corrected chi connectivity index (χ0v) is 12.3. The lowest BCUT2D eigenvalue weighted by Gasteiger charge is -2.32. The van der Waals surface area contributed by atoms with Crippen LogP contribution in [-0.2, 0) is 9.59 Å². The lowest BCUT2D eigenvalue weighted by Crippen LogP contribution is -2.50. The molecule has 0 spiro atoms. The zero-order chi connectivity index (χ0) is 15.4. The Bertz CT molecular complexity index is 544. The van der Waals surface area contributed by atoms with Gasteiger partial charge in [0.1, 0.15) is 0 Å².